The van der Waals surface area contributed by atoms with Gasteiger partial charge in [-0.15, -0.1) is 0 Å². The van der Waals surface area contributed by atoms with E-state index in [0.29, 0.717) is 17.4 Å². The summed E-state index contributed by atoms with van der Waals surface area (Å²) < 4.78 is 6.54. The molecule has 0 aliphatic carbocycles. The molecule has 2 rings (SSSR count). The highest BCUT2D eigenvalue weighted by molar-refractivity contribution is 9.10. The molecule has 0 bridgehead atoms. The molecule has 0 saturated heterocycles. The van der Waals surface area contributed by atoms with Crippen LogP contribution in [0, 0.1) is 0 Å². The Hall–Kier alpha value is -1.10. The molecule has 0 unspecified atom stereocenters. The van der Waals surface area contributed by atoms with E-state index < -0.39 is 0 Å². The molecule has 19 heavy (non-hydrogen) atoms. The average molecular weight is 342 g/mol. The molecule has 1 heterocycles. The van der Waals surface area contributed by atoms with Crippen molar-refractivity contribution in [3.8, 4) is 5.75 Å². The van der Waals surface area contributed by atoms with Crippen LogP contribution in [0.4, 0.5) is 0 Å². The SMILES string of the molecule is Clc1cc(Br)ccc1OCCNCc1ccccn1. The Morgan fingerprint density at radius 2 is 2.16 bits per heavy atom. The Kier molecular flexibility index (Phi) is 5.63. The second-order valence-electron chi connectivity index (χ2n) is 3.92. The van der Waals surface area contributed by atoms with Gasteiger partial charge in [-0.05, 0) is 30.3 Å². The highest BCUT2D eigenvalue weighted by Gasteiger charge is 2.01. The second kappa shape index (κ2) is 7.48. The van der Waals surface area contributed by atoms with E-state index in [-0.39, 0.29) is 0 Å². The summed E-state index contributed by atoms with van der Waals surface area (Å²) in [5, 5.41) is 3.87. The molecular weight excluding hydrogens is 328 g/mol. The molecule has 0 radical (unpaired) electrons. The first kappa shape index (κ1) is 14.3. The number of nitrogens with one attached hydrogen (secondary N) is 1. The van der Waals surface area contributed by atoms with E-state index in [2.05, 4.69) is 26.2 Å². The van der Waals surface area contributed by atoms with E-state index in [0.717, 1.165) is 23.3 Å². The average Bonchev–Trinajstić information content (AvgIpc) is 2.42. The molecule has 0 fully saturated rings. The maximum absolute atomic E-state index is 6.05. The van der Waals surface area contributed by atoms with Crippen molar-refractivity contribution in [1.29, 1.82) is 0 Å². The number of halogens is 2. The number of aromatic nitrogens is 1. The Balaban J connectivity index is 1.69. The Labute approximate surface area is 126 Å². The third kappa shape index (κ3) is 4.82. The maximum Gasteiger partial charge on any atom is 0.138 e. The fourth-order valence-electron chi connectivity index (χ4n) is 1.54. The normalized spacial score (nSPS) is 10.4. The number of hydrogen-bond donors (Lipinski definition) is 1. The number of nitrogens with zero attached hydrogens (tertiary/aromatic N) is 1. The van der Waals surface area contributed by atoms with Crippen LogP contribution in [-0.2, 0) is 6.54 Å². The molecule has 0 aliphatic rings. The molecule has 1 aromatic heterocycles. The molecule has 2 aromatic rings. The summed E-state index contributed by atoms with van der Waals surface area (Å²) in [6.07, 6.45) is 1.79. The van der Waals surface area contributed by atoms with E-state index >= 15 is 0 Å². The van der Waals surface area contributed by atoms with Gasteiger partial charge >= 0.3 is 0 Å². The lowest BCUT2D eigenvalue weighted by Gasteiger charge is -2.09. The van der Waals surface area contributed by atoms with E-state index in [4.69, 9.17) is 16.3 Å². The van der Waals surface area contributed by atoms with Crippen LogP contribution in [0.1, 0.15) is 5.69 Å². The van der Waals surface area contributed by atoms with Crippen molar-refractivity contribution in [1.82, 2.24) is 10.3 Å². The summed E-state index contributed by atoms with van der Waals surface area (Å²) in [4.78, 5) is 4.23. The lowest BCUT2D eigenvalue weighted by Crippen LogP contribution is -2.21. The number of benzene rings is 1. The molecule has 1 aromatic carbocycles. The summed E-state index contributed by atoms with van der Waals surface area (Å²) in [7, 11) is 0. The van der Waals surface area contributed by atoms with Crippen LogP contribution >= 0.6 is 27.5 Å². The van der Waals surface area contributed by atoms with Crippen LogP contribution < -0.4 is 10.1 Å². The number of ether oxygens (including phenoxy) is 1. The Morgan fingerprint density at radius 3 is 2.89 bits per heavy atom. The first-order valence-corrected chi connectivity index (χ1v) is 7.11. The fraction of sp³-hybridized carbons (Fsp3) is 0.214. The van der Waals surface area contributed by atoms with Gasteiger partial charge in [-0.25, -0.2) is 0 Å². The summed E-state index contributed by atoms with van der Waals surface area (Å²) in [6, 6.07) is 11.4. The van der Waals surface area contributed by atoms with Gasteiger partial charge in [0.25, 0.3) is 0 Å². The molecular formula is C14H14BrClN2O. The van der Waals surface area contributed by atoms with Crippen LogP contribution in [0.25, 0.3) is 0 Å². The van der Waals surface area contributed by atoms with Crippen molar-refractivity contribution < 1.29 is 4.74 Å². The predicted octanol–water partition coefficient (Wildman–Crippen LogP) is 3.67. The van der Waals surface area contributed by atoms with Crippen molar-refractivity contribution in [2.45, 2.75) is 6.54 Å². The van der Waals surface area contributed by atoms with Gasteiger partial charge in [0.15, 0.2) is 0 Å². The molecule has 0 saturated carbocycles. The molecule has 0 amide bonds. The zero-order valence-electron chi connectivity index (χ0n) is 10.3. The smallest absolute Gasteiger partial charge is 0.138 e. The topological polar surface area (TPSA) is 34.1 Å². The van der Waals surface area contributed by atoms with Gasteiger partial charge in [-0.3, -0.25) is 4.98 Å². The molecule has 5 heteroatoms. The third-order valence-electron chi connectivity index (χ3n) is 2.46. The van der Waals surface area contributed by atoms with E-state index in [1.807, 2.05) is 36.4 Å². The van der Waals surface area contributed by atoms with E-state index in [1.54, 1.807) is 6.20 Å². The summed E-state index contributed by atoms with van der Waals surface area (Å²) >= 11 is 9.41. The molecule has 1 N–H and O–H groups in total. The van der Waals surface area contributed by atoms with Crippen molar-refractivity contribution >= 4 is 27.5 Å². The quantitative estimate of drug-likeness (QED) is 0.814. The Bertz CT molecular complexity index is 522. The molecule has 0 spiro atoms. The monoisotopic (exact) mass is 340 g/mol. The first-order valence-electron chi connectivity index (χ1n) is 5.94. The minimum atomic E-state index is 0.564. The van der Waals surface area contributed by atoms with Crippen LogP contribution in [0.3, 0.4) is 0 Å². The summed E-state index contributed by atoms with van der Waals surface area (Å²) in [6.45, 7) is 2.04. The van der Waals surface area contributed by atoms with Gasteiger partial charge in [0.2, 0.25) is 0 Å². The van der Waals surface area contributed by atoms with Gasteiger partial charge in [0.1, 0.15) is 12.4 Å². The van der Waals surface area contributed by atoms with E-state index in [9.17, 15) is 0 Å². The van der Waals surface area contributed by atoms with Gasteiger partial charge in [-0.2, -0.15) is 0 Å². The molecule has 0 aliphatic heterocycles. The largest absolute Gasteiger partial charge is 0.491 e. The fourth-order valence-corrected chi connectivity index (χ4v) is 2.27. The lowest BCUT2D eigenvalue weighted by atomic mass is 10.3. The van der Waals surface area contributed by atoms with Gasteiger partial charge < -0.3 is 10.1 Å². The minimum absolute atomic E-state index is 0.564. The van der Waals surface area contributed by atoms with Gasteiger partial charge in [-0.1, -0.05) is 33.6 Å². The standard InChI is InChI=1S/C14H14BrClN2O/c15-11-4-5-14(13(16)9-11)19-8-7-17-10-12-3-1-2-6-18-12/h1-6,9,17H,7-8,10H2. The highest BCUT2D eigenvalue weighted by Crippen LogP contribution is 2.27. The van der Waals surface area contributed by atoms with Crippen LogP contribution in [0.2, 0.25) is 5.02 Å². The van der Waals surface area contributed by atoms with Crippen molar-refractivity contribution in [3.63, 3.8) is 0 Å². The second-order valence-corrected chi connectivity index (χ2v) is 5.24. The van der Waals surface area contributed by atoms with Crippen LogP contribution in [0.5, 0.6) is 5.75 Å². The molecule has 100 valence electrons. The molecule has 3 nitrogen and oxygen atoms in total. The first-order chi connectivity index (χ1) is 9.25. The van der Waals surface area contributed by atoms with Gasteiger partial charge in [0.05, 0.1) is 10.7 Å². The lowest BCUT2D eigenvalue weighted by molar-refractivity contribution is 0.313. The predicted molar refractivity (Wildman–Crippen MR) is 80.6 cm³/mol. The maximum atomic E-state index is 6.05. The minimum Gasteiger partial charge on any atom is -0.491 e. The highest BCUT2D eigenvalue weighted by atomic mass is 79.9. The van der Waals surface area contributed by atoms with Crippen LogP contribution in [0.15, 0.2) is 47.1 Å². The van der Waals surface area contributed by atoms with Crippen molar-refractivity contribution in [2.24, 2.45) is 0 Å². The van der Waals surface area contributed by atoms with Crippen molar-refractivity contribution in [3.05, 3.63) is 57.8 Å². The Morgan fingerprint density at radius 1 is 1.26 bits per heavy atom. The van der Waals surface area contributed by atoms with Crippen molar-refractivity contribution in [2.75, 3.05) is 13.2 Å². The summed E-state index contributed by atoms with van der Waals surface area (Å²) in [5.74, 6) is 0.699. The van der Waals surface area contributed by atoms with Crippen LogP contribution in [-0.4, -0.2) is 18.1 Å². The zero-order chi connectivity index (χ0) is 13.5. The summed E-state index contributed by atoms with van der Waals surface area (Å²) in [5.41, 5.74) is 1.02. The number of hydrogen-bond acceptors (Lipinski definition) is 3. The molecule has 0 atom stereocenters. The van der Waals surface area contributed by atoms with Gasteiger partial charge in [0, 0.05) is 23.8 Å². The third-order valence-corrected chi connectivity index (χ3v) is 3.25. The van der Waals surface area contributed by atoms with E-state index in [1.165, 1.54) is 0 Å². The number of pyridine rings is 1. The zero-order valence-corrected chi connectivity index (χ0v) is 12.6. The number of rotatable bonds is 6.